The molecule has 0 bridgehead atoms. The van der Waals surface area contributed by atoms with E-state index in [0.29, 0.717) is 18.8 Å². The normalized spacial score (nSPS) is 14.5. The molecule has 0 radical (unpaired) electrons. The van der Waals surface area contributed by atoms with Crippen molar-refractivity contribution in [2.75, 3.05) is 20.2 Å². The molecule has 2 aromatic heterocycles. The predicted octanol–water partition coefficient (Wildman–Crippen LogP) is 4.19. The van der Waals surface area contributed by atoms with Gasteiger partial charge in [0.1, 0.15) is 17.3 Å². The Balaban J connectivity index is 1.37. The fraction of sp³-hybridized carbons (Fsp3) is 0.269. The number of likely N-dealkylation sites (tertiary alicyclic amines) is 1. The number of aromatic amines is 1. The first-order valence-corrected chi connectivity index (χ1v) is 11.3. The number of halogens is 1. The molecule has 34 heavy (non-hydrogen) atoms. The molecule has 7 nitrogen and oxygen atoms in total. The van der Waals surface area contributed by atoms with Crippen molar-refractivity contribution in [1.29, 1.82) is 0 Å². The number of methoxy groups -OCH3 is 1. The van der Waals surface area contributed by atoms with E-state index in [4.69, 9.17) is 4.74 Å². The first-order valence-electron chi connectivity index (χ1n) is 11.3. The van der Waals surface area contributed by atoms with E-state index in [0.717, 1.165) is 29.5 Å². The van der Waals surface area contributed by atoms with Gasteiger partial charge in [-0.3, -0.25) is 9.59 Å². The van der Waals surface area contributed by atoms with Crippen molar-refractivity contribution in [3.63, 3.8) is 0 Å². The van der Waals surface area contributed by atoms with Gasteiger partial charge >= 0.3 is 0 Å². The van der Waals surface area contributed by atoms with Gasteiger partial charge in [-0.1, -0.05) is 12.1 Å². The second-order valence-electron chi connectivity index (χ2n) is 8.58. The van der Waals surface area contributed by atoms with Crippen LogP contribution in [0, 0.1) is 12.7 Å². The topological polar surface area (TPSA) is 80.2 Å². The Kier molecular flexibility index (Phi) is 5.65. The number of H-pyrrole nitrogens is 1. The molecule has 1 amide bonds. The number of carbonyl (C=O) groups is 1. The summed E-state index contributed by atoms with van der Waals surface area (Å²) in [7, 11) is 1.65. The first-order chi connectivity index (χ1) is 16.5. The van der Waals surface area contributed by atoms with Gasteiger partial charge < -0.3 is 14.6 Å². The molecule has 174 valence electrons. The molecular weight excluding hydrogens is 435 g/mol. The van der Waals surface area contributed by atoms with Gasteiger partial charge in [-0.25, -0.2) is 9.07 Å². The van der Waals surface area contributed by atoms with Crippen LogP contribution >= 0.6 is 0 Å². The Morgan fingerprint density at radius 3 is 2.65 bits per heavy atom. The monoisotopic (exact) mass is 460 g/mol. The van der Waals surface area contributed by atoms with E-state index in [1.807, 2.05) is 24.4 Å². The maximum Gasteiger partial charge on any atom is 0.278 e. The molecule has 3 heterocycles. The number of rotatable bonds is 4. The Morgan fingerprint density at radius 1 is 1.15 bits per heavy atom. The van der Waals surface area contributed by atoms with E-state index in [1.165, 1.54) is 22.4 Å². The molecular formula is C26H25FN4O3. The molecule has 0 atom stereocenters. The van der Waals surface area contributed by atoms with Gasteiger partial charge in [0.05, 0.1) is 7.11 Å². The average molecular weight is 461 g/mol. The molecule has 1 fully saturated rings. The minimum absolute atomic E-state index is 0.191. The maximum absolute atomic E-state index is 14.3. The number of carbonyl (C=O) groups excluding carboxylic acids is 1. The summed E-state index contributed by atoms with van der Waals surface area (Å²) in [5.74, 6) is 0.189. The van der Waals surface area contributed by atoms with Gasteiger partial charge in [0.2, 0.25) is 5.43 Å². The van der Waals surface area contributed by atoms with Gasteiger partial charge in [0.15, 0.2) is 5.69 Å². The van der Waals surface area contributed by atoms with Gasteiger partial charge in [-0.2, -0.15) is 5.10 Å². The zero-order valence-electron chi connectivity index (χ0n) is 19.0. The highest BCUT2D eigenvalue weighted by atomic mass is 19.1. The standard InChI is InChI=1S/C26H25FN4O3/c1-16-13-24(32)25(29-31(16)23-6-4-3-5-21(23)27)26(33)30-11-9-17(10-12-30)20-15-28-22-8-7-18(34-2)14-19(20)22/h3-8,13-15,17,28H,9-12H2,1-2H3. The fourth-order valence-corrected chi connectivity index (χ4v) is 4.69. The largest absolute Gasteiger partial charge is 0.497 e. The Hall–Kier alpha value is -3.94. The number of nitrogens with one attached hydrogen (secondary N) is 1. The average Bonchev–Trinajstić information content (AvgIpc) is 3.28. The third-order valence-electron chi connectivity index (χ3n) is 6.53. The fourth-order valence-electron chi connectivity index (χ4n) is 4.69. The van der Waals surface area contributed by atoms with Crippen LogP contribution in [0.25, 0.3) is 16.6 Å². The van der Waals surface area contributed by atoms with Crippen LogP contribution in [-0.2, 0) is 0 Å². The number of amides is 1. The van der Waals surface area contributed by atoms with E-state index in [2.05, 4.69) is 10.1 Å². The molecule has 4 aromatic rings. The summed E-state index contributed by atoms with van der Waals surface area (Å²) >= 11 is 0. The SMILES string of the molecule is COc1ccc2[nH]cc(C3CCN(C(=O)c4nn(-c5ccccc5F)c(C)cc4=O)CC3)c2c1. The molecule has 8 heteroatoms. The molecule has 0 aliphatic carbocycles. The molecule has 1 saturated heterocycles. The summed E-state index contributed by atoms with van der Waals surface area (Å²) in [5.41, 5.74) is 2.26. The molecule has 2 aromatic carbocycles. The number of aromatic nitrogens is 3. The van der Waals surface area contributed by atoms with E-state index < -0.39 is 17.2 Å². The number of para-hydroxylation sites is 1. The Labute approximate surface area is 195 Å². The van der Waals surface area contributed by atoms with Gasteiger partial charge in [0, 0.05) is 41.9 Å². The number of aryl methyl sites for hydroxylation is 1. The highest BCUT2D eigenvalue weighted by molar-refractivity contribution is 5.92. The van der Waals surface area contributed by atoms with E-state index in [1.54, 1.807) is 37.1 Å². The lowest BCUT2D eigenvalue weighted by Gasteiger charge is -2.31. The van der Waals surface area contributed by atoms with Crippen molar-refractivity contribution in [2.24, 2.45) is 0 Å². The summed E-state index contributed by atoms with van der Waals surface area (Å²) in [4.78, 5) is 30.8. The number of nitrogens with zero attached hydrogens (tertiary/aromatic N) is 3. The van der Waals surface area contributed by atoms with Gasteiger partial charge in [-0.05, 0) is 61.6 Å². The molecule has 0 spiro atoms. The van der Waals surface area contributed by atoms with Crippen molar-refractivity contribution in [2.45, 2.75) is 25.7 Å². The summed E-state index contributed by atoms with van der Waals surface area (Å²) in [6, 6.07) is 13.4. The van der Waals surface area contributed by atoms with Gasteiger partial charge in [0.25, 0.3) is 5.91 Å². The lowest BCUT2D eigenvalue weighted by atomic mass is 9.89. The highest BCUT2D eigenvalue weighted by Crippen LogP contribution is 2.34. The van der Waals surface area contributed by atoms with Gasteiger partial charge in [-0.15, -0.1) is 0 Å². The molecule has 5 rings (SSSR count). The second kappa shape index (κ2) is 8.78. The Morgan fingerprint density at radius 2 is 1.91 bits per heavy atom. The van der Waals surface area contributed by atoms with Crippen molar-refractivity contribution >= 4 is 16.8 Å². The zero-order valence-corrected chi connectivity index (χ0v) is 19.0. The third-order valence-corrected chi connectivity index (χ3v) is 6.53. The maximum atomic E-state index is 14.3. The van der Waals surface area contributed by atoms with Crippen molar-refractivity contribution < 1.29 is 13.9 Å². The number of hydrogen-bond donors (Lipinski definition) is 1. The van der Waals surface area contributed by atoms with E-state index in [9.17, 15) is 14.0 Å². The van der Waals surface area contributed by atoms with Crippen LogP contribution in [0.3, 0.4) is 0 Å². The van der Waals surface area contributed by atoms with Crippen molar-refractivity contribution in [1.82, 2.24) is 19.7 Å². The van der Waals surface area contributed by atoms with Crippen LogP contribution in [0.15, 0.2) is 59.5 Å². The number of piperidine rings is 1. The molecule has 0 unspecified atom stereocenters. The van der Waals surface area contributed by atoms with Crippen LogP contribution in [0.2, 0.25) is 0 Å². The summed E-state index contributed by atoms with van der Waals surface area (Å²) in [6.45, 7) is 2.68. The van der Waals surface area contributed by atoms with E-state index >= 15 is 0 Å². The highest BCUT2D eigenvalue weighted by Gasteiger charge is 2.28. The Bertz CT molecular complexity index is 1430. The molecule has 1 aliphatic rings. The lowest BCUT2D eigenvalue weighted by Crippen LogP contribution is -2.41. The second-order valence-corrected chi connectivity index (χ2v) is 8.58. The number of ether oxygens (including phenoxy) is 1. The van der Waals surface area contributed by atoms with E-state index in [-0.39, 0.29) is 17.3 Å². The van der Waals surface area contributed by atoms with Crippen LogP contribution in [0.5, 0.6) is 5.75 Å². The summed E-state index contributed by atoms with van der Waals surface area (Å²) in [5, 5.41) is 5.38. The smallest absolute Gasteiger partial charge is 0.278 e. The van der Waals surface area contributed by atoms with Crippen LogP contribution in [-0.4, -0.2) is 45.8 Å². The van der Waals surface area contributed by atoms with Crippen molar-refractivity contribution in [3.05, 3.63) is 87.7 Å². The minimum Gasteiger partial charge on any atom is -0.497 e. The van der Waals surface area contributed by atoms with Crippen LogP contribution < -0.4 is 10.2 Å². The number of hydrogen-bond acceptors (Lipinski definition) is 4. The first kappa shape index (κ1) is 21.9. The van der Waals surface area contributed by atoms with Crippen LogP contribution in [0.1, 0.15) is 40.5 Å². The number of benzene rings is 2. The molecule has 0 saturated carbocycles. The zero-order chi connectivity index (χ0) is 23.8. The van der Waals surface area contributed by atoms with Crippen LogP contribution in [0.4, 0.5) is 4.39 Å². The number of fused-ring (bicyclic) bond motifs is 1. The molecule has 1 aliphatic heterocycles. The third kappa shape index (κ3) is 3.85. The van der Waals surface area contributed by atoms with Crippen molar-refractivity contribution in [3.8, 4) is 11.4 Å². The predicted molar refractivity (Wildman–Crippen MR) is 127 cm³/mol. The minimum atomic E-state index is -0.476. The quantitative estimate of drug-likeness (QED) is 0.495. The summed E-state index contributed by atoms with van der Waals surface area (Å²) in [6.07, 6.45) is 3.56. The summed E-state index contributed by atoms with van der Waals surface area (Å²) < 4.78 is 21.0. The lowest BCUT2D eigenvalue weighted by molar-refractivity contribution is 0.0703. The molecule has 1 N–H and O–H groups in total.